The van der Waals surface area contributed by atoms with E-state index in [1.54, 1.807) is 0 Å². The molecule has 2 nitrogen and oxygen atoms in total. The molecule has 0 atom stereocenters. The van der Waals surface area contributed by atoms with Crippen molar-refractivity contribution in [2.24, 2.45) is 0 Å². The first-order chi connectivity index (χ1) is 6.36. The summed E-state index contributed by atoms with van der Waals surface area (Å²) in [5, 5.41) is 9.58. The Morgan fingerprint density at radius 1 is 1.29 bits per heavy atom. The SMILES string of the molecule is COc1cc(C(C)(C)O)cc(F)c1F. The number of methoxy groups -OCH3 is 1. The van der Waals surface area contributed by atoms with Gasteiger partial charge < -0.3 is 9.84 Å². The maximum absolute atomic E-state index is 13.0. The minimum Gasteiger partial charge on any atom is -0.494 e. The first-order valence-corrected chi connectivity index (χ1v) is 4.12. The van der Waals surface area contributed by atoms with E-state index in [2.05, 4.69) is 4.74 Å². The van der Waals surface area contributed by atoms with Crippen molar-refractivity contribution >= 4 is 0 Å². The fraction of sp³-hybridized carbons (Fsp3) is 0.400. The number of hydrogen-bond acceptors (Lipinski definition) is 2. The Kier molecular flexibility index (Phi) is 2.76. The van der Waals surface area contributed by atoms with Gasteiger partial charge in [-0.2, -0.15) is 4.39 Å². The average Bonchev–Trinajstić information content (AvgIpc) is 2.07. The molecule has 1 N–H and O–H groups in total. The van der Waals surface area contributed by atoms with E-state index in [1.807, 2.05) is 0 Å². The van der Waals surface area contributed by atoms with Crippen LogP contribution in [-0.2, 0) is 5.60 Å². The summed E-state index contributed by atoms with van der Waals surface area (Å²) in [4.78, 5) is 0. The third kappa shape index (κ3) is 2.01. The topological polar surface area (TPSA) is 29.5 Å². The molecule has 0 aliphatic heterocycles. The molecule has 0 aromatic heterocycles. The standard InChI is InChI=1S/C10H12F2O2/c1-10(2,13)6-4-7(11)9(12)8(5-6)14-3/h4-5,13H,1-3H3. The predicted molar refractivity (Wildman–Crippen MR) is 48.2 cm³/mol. The van der Waals surface area contributed by atoms with Crippen LogP contribution >= 0.6 is 0 Å². The van der Waals surface area contributed by atoms with E-state index in [9.17, 15) is 13.9 Å². The van der Waals surface area contributed by atoms with Gasteiger partial charge in [0.15, 0.2) is 11.6 Å². The maximum Gasteiger partial charge on any atom is 0.200 e. The van der Waals surface area contributed by atoms with E-state index in [0.29, 0.717) is 0 Å². The molecule has 0 spiro atoms. The van der Waals surface area contributed by atoms with Crippen LogP contribution in [0, 0.1) is 11.6 Å². The van der Waals surface area contributed by atoms with Crippen molar-refractivity contribution in [3.8, 4) is 5.75 Å². The van der Waals surface area contributed by atoms with Gasteiger partial charge in [0.2, 0.25) is 5.82 Å². The Morgan fingerprint density at radius 2 is 1.86 bits per heavy atom. The van der Waals surface area contributed by atoms with Crippen LogP contribution < -0.4 is 4.74 Å². The molecule has 14 heavy (non-hydrogen) atoms. The molecule has 0 unspecified atom stereocenters. The fourth-order valence-electron chi connectivity index (χ4n) is 1.07. The zero-order valence-corrected chi connectivity index (χ0v) is 8.27. The Hall–Kier alpha value is -1.16. The van der Waals surface area contributed by atoms with Crippen LogP contribution in [0.15, 0.2) is 12.1 Å². The molecule has 1 aromatic rings. The minimum absolute atomic E-state index is 0.206. The normalized spacial score (nSPS) is 11.6. The van der Waals surface area contributed by atoms with Gasteiger partial charge in [0.05, 0.1) is 12.7 Å². The number of hydrogen-bond donors (Lipinski definition) is 1. The van der Waals surface area contributed by atoms with Crippen LogP contribution in [0.4, 0.5) is 8.78 Å². The van der Waals surface area contributed by atoms with Crippen LogP contribution in [0.3, 0.4) is 0 Å². The third-order valence-electron chi connectivity index (χ3n) is 1.92. The zero-order valence-electron chi connectivity index (χ0n) is 8.27. The lowest BCUT2D eigenvalue weighted by Gasteiger charge is -2.18. The number of rotatable bonds is 2. The predicted octanol–water partition coefficient (Wildman–Crippen LogP) is 2.20. The highest BCUT2D eigenvalue weighted by Gasteiger charge is 2.21. The van der Waals surface area contributed by atoms with Crippen molar-refractivity contribution < 1.29 is 18.6 Å². The van der Waals surface area contributed by atoms with Gasteiger partial charge in [-0.3, -0.25) is 0 Å². The lowest BCUT2D eigenvalue weighted by atomic mass is 9.98. The largest absolute Gasteiger partial charge is 0.494 e. The smallest absolute Gasteiger partial charge is 0.200 e. The number of halogens is 2. The summed E-state index contributed by atoms with van der Waals surface area (Å²) in [5.74, 6) is -2.27. The second kappa shape index (κ2) is 3.53. The van der Waals surface area contributed by atoms with Gasteiger partial charge >= 0.3 is 0 Å². The highest BCUT2D eigenvalue weighted by Crippen LogP contribution is 2.28. The van der Waals surface area contributed by atoms with Crippen LogP contribution in [0.1, 0.15) is 19.4 Å². The molecule has 0 aliphatic rings. The quantitative estimate of drug-likeness (QED) is 0.796. The van der Waals surface area contributed by atoms with Crippen LogP contribution in [0.2, 0.25) is 0 Å². The molecule has 0 saturated heterocycles. The van der Waals surface area contributed by atoms with Crippen molar-refractivity contribution in [3.63, 3.8) is 0 Å². The summed E-state index contributed by atoms with van der Waals surface area (Å²) in [7, 11) is 1.24. The second-order valence-corrected chi connectivity index (χ2v) is 3.53. The van der Waals surface area contributed by atoms with Gasteiger partial charge in [-0.05, 0) is 31.5 Å². The molecular formula is C10H12F2O2. The molecule has 0 aliphatic carbocycles. The average molecular weight is 202 g/mol. The lowest BCUT2D eigenvalue weighted by molar-refractivity contribution is 0.0777. The van der Waals surface area contributed by atoms with Crippen molar-refractivity contribution in [2.45, 2.75) is 19.4 Å². The zero-order chi connectivity index (χ0) is 10.9. The summed E-state index contributed by atoms with van der Waals surface area (Å²) >= 11 is 0. The number of aliphatic hydroxyl groups is 1. The van der Waals surface area contributed by atoms with Crippen LogP contribution in [0.25, 0.3) is 0 Å². The van der Waals surface area contributed by atoms with Gasteiger partial charge in [0.1, 0.15) is 0 Å². The third-order valence-corrected chi connectivity index (χ3v) is 1.92. The summed E-state index contributed by atoms with van der Waals surface area (Å²) < 4.78 is 30.6. The highest BCUT2D eigenvalue weighted by molar-refractivity contribution is 5.34. The van der Waals surface area contributed by atoms with Crippen molar-refractivity contribution in [2.75, 3.05) is 7.11 Å². The van der Waals surface area contributed by atoms with Gasteiger partial charge in [0.25, 0.3) is 0 Å². The molecule has 0 saturated carbocycles. The van der Waals surface area contributed by atoms with E-state index in [4.69, 9.17) is 0 Å². The Bertz CT molecular complexity index is 343. The Balaban J connectivity index is 3.30. The van der Waals surface area contributed by atoms with Gasteiger partial charge in [-0.25, -0.2) is 4.39 Å². The van der Waals surface area contributed by atoms with Gasteiger partial charge in [0, 0.05) is 0 Å². The summed E-state index contributed by atoms with van der Waals surface area (Å²) in [6.45, 7) is 2.97. The van der Waals surface area contributed by atoms with Crippen molar-refractivity contribution in [1.82, 2.24) is 0 Å². The van der Waals surface area contributed by atoms with E-state index in [-0.39, 0.29) is 11.3 Å². The fourth-order valence-corrected chi connectivity index (χ4v) is 1.07. The number of ether oxygens (including phenoxy) is 1. The highest BCUT2D eigenvalue weighted by atomic mass is 19.2. The van der Waals surface area contributed by atoms with Crippen LogP contribution in [-0.4, -0.2) is 12.2 Å². The second-order valence-electron chi connectivity index (χ2n) is 3.53. The van der Waals surface area contributed by atoms with Gasteiger partial charge in [-0.1, -0.05) is 0 Å². The Morgan fingerprint density at radius 3 is 2.29 bits per heavy atom. The summed E-state index contributed by atoms with van der Waals surface area (Å²) in [6.07, 6.45) is 0. The minimum atomic E-state index is -1.22. The van der Waals surface area contributed by atoms with E-state index >= 15 is 0 Å². The molecule has 1 rings (SSSR count). The summed E-state index contributed by atoms with van der Waals surface area (Å²) in [5.41, 5.74) is -0.949. The molecule has 0 fully saturated rings. The van der Waals surface area contributed by atoms with Crippen molar-refractivity contribution in [3.05, 3.63) is 29.3 Å². The Labute approximate surface area is 81.1 Å². The van der Waals surface area contributed by atoms with E-state index < -0.39 is 17.2 Å². The lowest BCUT2D eigenvalue weighted by Crippen LogP contribution is -2.16. The molecule has 0 amide bonds. The van der Waals surface area contributed by atoms with E-state index in [0.717, 1.165) is 6.07 Å². The first kappa shape index (κ1) is 10.9. The van der Waals surface area contributed by atoms with E-state index in [1.165, 1.54) is 27.0 Å². The number of benzene rings is 1. The summed E-state index contributed by atoms with van der Waals surface area (Å²) in [6, 6.07) is 2.23. The first-order valence-electron chi connectivity index (χ1n) is 4.12. The maximum atomic E-state index is 13.0. The molecule has 1 aromatic carbocycles. The van der Waals surface area contributed by atoms with Crippen LogP contribution in [0.5, 0.6) is 5.75 Å². The molecule has 78 valence electrons. The molecule has 4 heteroatoms. The van der Waals surface area contributed by atoms with Gasteiger partial charge in [-0.15, -0.1) is 0 Å². The molecule has 0 bridgehead atoms. The molecular weight excluding hydrogens is 190 g/mol. The monoisotopic (exact) mass is 202 g/mol. The molecule has 0 radical (unpaired) electrons. The van der Waals surface area contributed by atoms with Crippen molar-refractivity contribution in [1.29, 1.82) is 0 Å². The molecule has 0 heterocycles.